The van der Waals surface area contributed by atoms with Gasteiger partial charge in [-0.1, -0.05) is 11.8 Å². The van der Waals surface area contributed by atoms with Crippen molar-refractivity contribution >= 4 is 16.9 Å². The summed E-state index contributed by atoms with van der Waals surface area (Å²) in [7, 11) is 0. The molecule has 0 aromatic rings. The van der Waals surface area contributed by atoms with Crippen LogP contribution in [-0.4, -0.2) is 30.2 Å². The molecule has 3 nitrogen and oxygen atoms in total. The Balaban J connectivity index is 2.13. The minimum Gasteiger partial charge on any atom is -0.379 e. The summed E-state index contributed by atoms with van der Waals surface area (Å²) in [6.45, 7) is 1.64. The number of nitrogens with two attached hydrogens (primary N) is 1. The van der Waals surface area contributed by atoms with Crippen molar-refractivity contribution in [3.8, 4) is 0 Å². The Bertz CT molecular complexity index is 171. The maximum Gasteiger partial charge on any atom is 0.154 e. The van der Waals surface area contributed by atoms with Gasteiger partial charge in [0.15, 0.2) is 5.17 Å². The molecule has 2 aliphatic rings. The van der Waals surface area contributed by atoms with Gasteiger partial charge in [-0.2, -0.15) is 0 Å². The molecule has 2 aliphatic heterocycles. The topological polar surface area (TPSA) is 47.6 Å². The van der Waals surface area contributed by atoms with Crippen LogP contribution in [0.2, 0.25) is 0 Å². The zero-order chi connectivity index (χ0) is 6.97. The highest BCUT2D eigenvalue weighted by Crippen LogP contribution is 2.26. The van der Waals surface area contributed by atoms with Crippen molar-refractivity contribution < 1.29 is 4.74 Å². The molecule has 0 amide bonds. The van der Waals surface area contributed by atoms with Crippen molar-refractivity contribution in [3.63, 3.8) is 0 Å². The molecule has 0 aromatic heterocycles. The van der Waals surface area contributed by atoms with E-state index in [0.717, 1.165) is 24.1 Å². The lowest BCUT2D eigenvalue weighted by atomic mass is 10.1. The lowest BCUT2D eigenvalue weighted by molar-refractivity contribution is 0.187. The molecule has 1 unspecified atom stereocenters. The van der Waals surface area contributed by atoms with E-state index >= 15 is 0 Å². The summed E-state index contributed by atoms with van der Waals surface area (Å²) in [4.78, 5) is 4.28. The quantitative estimate of drug-likeness (QED) is 0.542. The number of hydrogen-bond acceptors (Lipinski definition) is 4. The fourth-order valence-corrected chi connectivity index (χ4v) is 2.20. The van der Waals surface area contributed by atoms with E-state index in [1.54, 1.807) is 11.8 Å². The molecule has 2 rings (SSSR count). The average molecular weight is 158 g/mol. The van der Waals surface area contributed by atoms with Crippen molar-refractivity contribution in [2.75, 3.05) is 19.0 Å². The van der Waals surface area contributed by atoms with Crippen molar-refractivity contribution in [2.45, 2.75) is 6.04 Å². The minimum atomic E-state index is 0.362. The van der Waals surface area contributed by atoms with Gasteiger partial charge in [0.05, 0.1) is 19.3 Å². The second kappa shape index (κ2) is 2.43. The summed E-state index contributed by atoms with van der Waals surface area (Å²) < 4.78 is 5.26. The third-order valence-corrected chi connectivity index (χ3v) is 2.90. The predicted molar refractivity (Wildman–Crippen MR) is 42.2 cm³/mol. The van der Waals surface area contributed by atoms with Gasteiger partial charge < -0.3 is 10.5 Å². The normalized spacial score (nSPS) is 39.0. The molecule has 2 atom stereocenters. The van der Waals surface area contributed by atoms with Gasteiger partial charge in [0.1, 0.15) is 0 Å². The van der Waals surface area contributed by atoms with Crippen LogP contribution >= 0.6 is 11.8 Å². The molecule has 4 heteroatoms. The average Bonchev–Trinajstić information content (AvgIpc) is 2.33. The van der Waals surface area contributed by atoms with E-state index in [2.05, 4.69) is 4.99 Å². The zero-order valence-corrected chi connectivity index (χ0v) is 6.43. The molecule has 0 spiro atoms. The van der Waals surface area contributed by atoms with Gasteiger partial charge in [-0.05, 0) is 0 Å². The van der Waals surface area contributed by atoms with E-state index in [4.69, 9.17) is 10.5 Å². The molecule has 0 aliphatic carbocycles. The van der Waals surface area contributed by atoms with E-state index in [1.807, 2.05) is 0 Å². The van der Waals surface area contributed by atoms with Crippen LogP contribution in [0.1, 0.15) is 0 Å². The summed E-state index contributed by atoms with van der Waals surface area (Å²) in [6, 6.07) is 0.362. The largest absolute Gasteiger partial charge is 0.379 e. The van der Waals surface area contributed by atoms with Crippen LogP contribution in [0, 0.1) is 5.92 Å². The molecule has 0 bridgehead atoms. The van der Waals surface area contributed by atoms with Gasteiger partial charge in [0, 0.05) is 11.7 Å². The molecule has 0 aromatic carbocycles. The summed E-state index contributed by atoms with van der Waals surface area (Å²) in [6.07, 6.45) is 0. The Kier molecular flexibility index (Phi) is 1.58. The third-order valence-electron chi connectivity index (χ3n) is 1.90. The zero-order valence-electron chi connectivity index (χ0n) is 5.62. The molecule has 2 heterocycles. The number of amidine groups is 1. The van der Waals surface area contributed by atoms with Gasteiger partial charge in [-0.15, -0.1) is 0 Å². The van der Waals surface area contributed by atoms with Crippen LogP contribution in [-0.2, 0) is 4.74 Å². The van der Waals surface area contributed by atoms with Crippen molar-refractivity contribution in [3.05, 3.63) is 0 Å². The van der Waals surface area contributed by atoms with Crippen molar-refractivity contribution in [1.29, 1.82) is 0 Å². The predicted octanol–water partition coefficient (Wildman–Crippen LogP) is 0.0629. The van der Waals surface area contributed by atoms with Crippen LogP contribution < -0.4 is 5.73 Å². The number of rotatable bonds is 0. The highest BCUT2D eigenvalue weighted by atomic mass is 32.2. The third kappa shape index (κ3) is 1.01. The first kappa shape index (κ1) is 6.49. The van der Waals surface area contributed by atoms with Gasteiger partial charge in [0.25, 0.3) is 0 Å². The Hall–Kier alpha value is -0.220. The maximum absolute atomic E-state index is 5.55. The lowest BCUT2D eigenvalue weighted by Crippen LogP contribution is -2.28. The summed E-state index contributed by atoms with van der Waals surface area (Å²) in [5.41, 5.74) is 5.55. The summed E-state index contributed by atoms with van der Waals surface area (Å²) >= 11 is 1.64. The molecule has 2 N–H and O–H groups in total. The molecule has 0 saturated carbocycles. The van der Waals surface area contributed by atoms with E-state index < -0.39 is 0 Å². The highest BCUT2D eigenvalue weighted by molar-refractivity contribution is 8.13. The van der Waals surface area contributed by atoms with Crippen LogP contribution in [0.25, 0.3) is 0 Å². The number of aliphatic imine (C=N–C) groups is 1. The first-order valence-electron chi connectivity index (χ1n) is 3.40. The van der Waals surface area contributed by atoms with Crippen molar-refractivity contribution in [2.24, 2.45) is 16.6 Å². The van der Waals surface area contributed by atoms with Crippen LogP contribution in [0.3, 0.4) is 0 Å². The van der Waals surface area contributed by atoms with Gasteiger partial charge in [0.2, 0.25) is 0 Å². The Labute approximate surface area is 64.0 Å². The summed E-state index contributed by atoms with van der Waals surface area (Å²) in [5.74, 6) is 1.71. The fourth-order valence-electron chi connectivity index (χ4n) is 1.28. The van der Waals surface area contributed by atoms with Crippen LogP contribution in [0.5, 0.6) is 0 Å². The number of thioether (sulfide) groups is 1. The molecular formula is C6H10N2OS. The van der Waals surface area contributed by atoms with E-state index in [0.29, 0.717) is 12.0 Å². The smallest absolute Gasteiger partial charge is 0.154 e. The maximum atomic E-state index is 5.55. The standard InChI is InChI=1S/C6H10N2OS/c7-6-8-5-2-9-1-4(5)3-10-6/h4-5H,1-3H2,(H2,7,8)/t4-,5?/m1/s1. The highest BCUT2D eigenvalue weighted by Gasteiger charge is 2.31. The number of fused-ring (bicyclic) bond motifs is 1. The molecule has 1 saturated heterocycles. The summed E-state index contributed by atoms with van der Waals surface area (Å²) in [5, 5.41) is 0.728. The first-order valence-corrected chi connectivity index (χ1v) is 4.38. The van der Waals surface area contributed by atoms with Crippen LogP contribution in [0.15, 0.2) is 4.99 Å². The van der Waals surface area contributed by atoms with E-state index in [9.17, 15) is 0 Å². The minimum absolute atomic E-state index is 0.362. The van der Waals surface area contributed by atoms with E-state index in [1.165, 1.54) is 0 Å². The molecule has 1 fully saturated rings. The number of hydrogen-bond donors (Lipinski definition) is 1. The van der Waals surface area contributed by atoms with E-state index in [-0.39, 0.29) is 0 Å². The Morgan fingerprint density at radius 3 is 3.40 bits per heavy atom. The second-order valence-electron chi connectivity index (χ2n) is 2.64. The Morgan fingerprint density at radius 2 is 2.50 bits per heavy atom. The van der Waals surface area contributed by atoms with Gasteiger partial charge >= 0.3 is 0 Å². The Morgan fingerprint density at radius 1 is 1.60 bits per heavy atom. The molecular weight excluding hydrogens is 148 g/mol. The molecule has 56 valence electrons. The second-order valence-corrected chi connectivity index (χ2v) is 3.68. The molecule has 0 radical (unpaired) electrons. The fraction of sp³-hybridized carbons (Fsp3) is 0.833. The van der Waals surface area contributed by atoms with Crippen molar-refractivity contribution in [1.82, 2.24) is 0 Å². The first-order chi connectivity index (χ1) is 4.86. The van der Waals surface area contributed by atoms with Crippen LogP contribution in [0.4, 0.5) is 0 Å². The lowest BCUT2D eigenvalue weighted by Gasteiger charge is -2.18. The SMILES string of the molecule is NC1=NC2COC[C@@H]2CS1. The monoisotopic (exact) mass is 158 g/mol. The van der Waals surface area contributed by atoms with Gasteiger partial charge in [-0.3, -0.25) is 4.99 Å². The number of nitrogens with zero attached hydrogens (tertiary/aromatic N) is 1. The number of ether oxygens (including phenoxy) is 1. The molecule has 10 heavy (non-hydrogen) atoms. The van der Waals surface area contributed by atoms with Gasteiger partial charge in [-0.25, -0.2) is 0 Å².